The fraction of sp³-hybridized carbons (Fsp3) is 0.351. The van der Waals surface area contributed by atoms with Crippen molar-refractivity contribution in [3.8, 4) is 5.75 Å². The summed E-state index contributed by atoms with van der Waals surface area (Å²) in [5.41, 5.74) is 4.87. The third-order valence-electron chi connectivity index (χ3n) is 7.51. The first kappa shape index (κ1) is 34.3. The van der Waals surface area contributed by atoms with Crippen molar-refractivity contribution in [1.29, 1.82) is 0 Å². The summed E-state index contributed by atoms with van der Waals surface area (Å²) in [5.74, 6) is 0.870. The zero-order valence-electron chi connectivity index (χ0n) is 25.9. The van der Waals surface area contributed by atoms with E-state index in [0.717, 1.165) is 49.3 Å². The van der Waals surface area contributed by atoms with Gasteiger partial charge in [0.1, 0.15) is 0 Å². The first-order chi connectivity index (χ1) is 20.1. The van der Waals surface area contributed by atoms with Gasteiger partial charge in [-0.15, -0.1) is 5.41 Å². The molecule has 42 heavy (non-hydrogen) atoms. The third-order valence-corrected chi connectivity index (χ3v) is 9.34. The van der Waals surface area contributed by atoms with Gasteiger partial charge in [0.25, 0.3) is 0 Å². The van der Waals surface area contributed by atoms with Crippen LogP contribution in [0, 0.1) is 6.54 Å². The molecule has 1 atom stereocenters. The normalized spacial score (nSPS) is 18.5. The molecule has 228 valence electrons. The Labute approximate surface area is 267 Å². The van der Waals surface area contributed by atoms with E-state index in [1.54, 1.807) is 0 Å². The van der Waals surface area contributed by atoms with Crippen LogP contribution in [0.3, 0.4) is 0 Å². The molecular weight excluding hydrogens is 646 g/mol. The molecule has 1 heterocycles. The van der Waals surface area contributed by atoms with E-state index in [-0.39, 0.29) is 11.0 Å². The van der Waals surface area contributed by atoms with Crippen LogP contribution in [0.15, 0.2) is 103 Å². The molecule has 5 heteroatoms. The van der Waals surface area contributed by atoms with Gasteiger partial charge in [0.05, 0.1) is 0 Å². The molecule has 3 aromatic rings. The van der Waals surface area contributed by atoms with Crippen LogP contribution in [-0.2, 0) is 18.9 Å². The fourth-order valence-corrected chi connectivity index (χ4v) is 7.58. The standard InChI is InChI=1S/C27H34N.C10H12O.2ClH.Ru/c1-7-9-14-22(13-8-2)21(3)28-20-27(6,19-26(28,4)5)25-18-12-16-23-15-10-11-17-24(23)25;1-3-8-11-10-7-5-4-6-9(10)2;;;/h7,9-12,14-18,20H,3,8,13,19H2,1-2,4-6H3;2,4-7H,3,8H2,1H3;2*1H;/q-1;;;;+2/p-2/b9-7-,22-14-;;;;/t27-;;;;/m0..../s1. The third kappa shape index (κ3) is 8.92. The first-order valence-corrected chi connectivity index (χ1v) is 20.2. The van der Waals surface area contributed by atoms with Crippen LogP contribution in [0.2, 0.25) is 0 Å². The molecule has 0 spiro atoms. The van der Waals surface area contributed by atoms with E-state index in [2.05, 4.69) is 120 Å². The molecule has 2 nitrogen and oxygen atoms in total. The molecule has 0 bridgehead atoms. The Balaban J connectivity index is 0.000000291. The second kappa shape index (κ2) is 16.0. The molecule has 0 saturated carbocycles. The Bertz CT molecular complexity index is 1430. The summed E-state index contributed by atoms with van der Waals surface area (Å²) in [6, 6.07) is 23.2. The minimum absolute atomic E-state index is 0.0194. The van der Waals surface area contributed by atoms with Gasteiger partial charge in [-0.25, -0.2) is 6.54 Å². The first-order valence-electron chi connectivity index (χ1n) is 14.8. The molecule has 1 saturated heterocycles. The van der Waals surface area contributed by atoms with Crippen LogP contribution in [0.5, 0.6) is 5.75 Å². The summed E-state index contributed by atoms with van der Waals surface area (Å²) in [7, 11) is 11.6. The molecule has 0 N–H and O–H groups in total. The number of hydrogen-bond acceptors (Lipinski definition) is 2. The van der Waals surface area contributed by atoms with E-state index in [4.69, 9.17) is 24.1 Å². The topological polar surface area (TPSA) is 12.5 Å². The molecule has 1 aliphatic rings. The number of nitrogens with zero attached hydrogens (tertiary/aromatic N) is 1. The van der Waals surface area contributed by atoms with E-state index in [1.807, 2.05) is 28.9 Å². The van der Waals surface area contributed by atoms with Crippen LogP contribution < -0.4 is 4.74 Å². The molecule has 1 fully saturated rings. The van der Waals surface area contributed by atoms with Crippen LogP contribution in [-0.4, -0.2) is 21.7 Å². The Kier molecular flexibility index (Phi) is 13.1. The molecule has 4 rings (SSSR count). The van der Waals surface area contributed by atoms with E-state index >= 15 is 0 Å². The number of para-hydroxylation sites is 1. The Morgan fingerprint density at radius 3 is 2.38 bits per heavy atom. The quantitative estimate of drug-likeness (QED) is 0.119. The SMILES string of the molecule is C=C(/C(=C\C=C/C)CCC)N1[CH-][C@@](C)(c2cccc3ccccc23)CC1(C)C.CCCOc1ccccc1[CH]=[Ru]([Cl])[Cl]. The van der Waals surface area contributed by atoms with Gasteiger partial charge in [-0.3, -0.25) is 0 Å². The van der Waals surface area contributed by atoms with Gasteiger partial charge >= 0.3 is 97.8 Å². The van der Waals surface area contributed by atoms with Crippen LogP contribution in [0.25, 0.3) is 10.8 Å². The van der Waals surface area contributed by atoms with Gasteiger partial charge in [0.2, 0.25) is 0 Å². The predicted octanol–water partition coefficient (Wildman–Crippen LogP) is 11.1. The summed E-state index contributed by atoms with van der Waals surface area (Å²) in [6.07, 6.45) is 10.7. The average molecular weight is 693 g/mol. The number of halogens is 2. The summed E-state index contributed by atoms with van der Waals surface area (Å²) in [6.45, 7) is 21.1. The van der Waals surface area contributed by atoms with Crippen LogP contribution in [0.4, 0.5) is 0 Å². The molecule has 0 aliphatic carbocycles. The van der Waals surface area contributed by atoms with Crippen molar-refractivity contribution in [3.63, 3.8) is 0 Å². The number of allylic oxidation sites excluding steroid dienone is 4. The molecule has 0 amide bonds. The van der Waals surface area contributed by atoms with E-state index in [1.165, 1.54) is 21.9 Å². The summed E-state index contributed by atoms with van der Waals surface area (Å²) < 4.78 is 7.46. The Hall–Kier alpha value is -2.19. The molecule has 0 unspecified atom stereocenters. The second-order valence-corrected chi connectivity index (χ2v) is 17.3. The van der Waals surface area contributed by atoms with Crippen LogP contribution in [0.1, 0.15) is 78.4 Å². The maximum absolute atomic E-state index is 5.82. The van der Waals surface area contributed by atoms with Gasteiger partial charge in [-0.05, 0) is 50.0 Å². The second-order valence-electron chi connectivity index (χ2n) is 11.5. The number of ether oxygens (including phenoxy) is 1. The van der Waals surface area contributed by atoms with Crippen molar-refractivity contribution in [2.45, 2.75) is 78.2 Å². The number of hydrogen-bond donors (Lipinski definition) is 0. The average Bonchev–Trinajstić information content (AvgIpc) is 3.23. The van der Waals surface area contributed by atoms with Gasteiger partial charge in [-0.1, -0.05) is 93.1 Å². The number of likely N-dealkylation sites (tertiary alicyclic amines) is 1. The van der Waals surface area contributed by atoms with Crippen molar-refractivity contribution in [2.75, 3.05) is 6.61 Å². The molecule has 0 aromatic heterocycles. The van der Waals surface area contributed by atoms with Gasteiger partial charge in [0.15, 0.2) is 0 Å². The van der Waals surface area contributed by atoms with Crippen molar-refractivity contribution >= 4 is 34.8 Å². The fourth-order valence-electron chi connectivity index (χ4n) is 5.77. The van der Waals surface area contributed by atoms with Gasteiger partial charge in [-0.2, -0.15) is 0 Å². The van der Waals surface area contributed by atoms with Crippen molar-refractivity contribution < 1.29 is 18.3 Å². The van der Waals surface area contributed by atoms with Gasteiger partial charge in [0, 0.05) is 11.2 Å². The van der Waals surface area contributed by atoms with Crippen molar-refractivity contribution in [1.82, 2.24) is 4.90 Å². The zero-order chi connectivity index (χ0) is 30.8. The van der Waals surface area contributed by atoms with E-state index in [9.17, 15) is 0 Å². The molecular formula is C37H46Cl2NORu-. The monoisotopic (exact) mass is 692 g/mol. The zero-order valence-corrected chi connectivity index (χ0v) is 29.2. The van der Waals surface area contributed by atoms with E-state index < -0.39 is 13.5 Å². The Morgan fingerprint density at radius 2 is 1.69 bits per heavy atom. The summed E-state index contributed by atoms with van der Waals surface area (Å²) >= 11 is -1.76. The molecule has 1 aliphatic heterocycles. The van der Waals surface area contributed by atoms with Gasteiger partial charge < -0.3 is 4.90 Å². The minimum atomic E-state index is -1.76. The summed E-state index contributed by atoms with van der Waals surface area (Å²) in [4.78, 5) is 2.43. The number of fused-ring (bicyclic) bond motifs is 1. The van der Waals surface area contributed by atoms with Crippen LogP contribution >= 0.6 is 19.4 Å². The maximum atomic E-state index is 5.82. The number of benzene rings is 3. The number of rotatable bonds is 10. The van der Waals surface area contributed by atoms with Crippen molar-refractivity contribution in [2.24, 2.45) is 0 Å². The Morgan fingerprint density at radius 1 is 1.00 bits per heavy atom. The molecule has 3 aromatic carbocycles. The molecule has 0 radical (unpaired) electrons. The van der Waals surface area contributed by atoms with Crippen molar-refractivity contribution in [3.05, 3.63) is 120 Å². The predicted molar refractivity (Wildman–Crippen MR) is 182 cm³/mol. The van der Waals surface area contributed by atoms with E-state index in [0.29, 0.717) is 0 Å². The summed E-state index contributed by atoms with van der Waals surface area (Å²) in [5, 5.41) is 2.66.